The van der Waals surface area contributed by atoms with Gasteiger partial charge in [-0.25, -0.2) is 0 Å². The van der Waals surface area contributed by atoms with E-state index in [9.17, 15) is 4.79 Å². The second-order valence-corrected chi connectivity index (χ2v) is 3.84. The molecule has 0 radical (unpaired) electrons. The molecule has 0 heterocycles. The highest BCUT2D eigenvalue weighted by Gasteiger charge is 2.05. The van der Waals surface area contributed by atoms with Crippen LogP contribution in [0.3, 0.4) is 0 Å². The average Bonchev–Trinajstić information content (AvgIpc) is 2.17. The van der Waals surface area contributed by atoms with Gasteiger partial charge in [0.05, 0.1) is 0 Å². The molecule has 0 aliphatic carbocycles. The maximum absolute atomic E-state index is 11.3. The minimum atomic E-state index is 0.152. The van der Waals surface area contributed by atoms with E-state index in [1.807, 2.05) is 25.1 Å². The molecule has 1 nitrogen and oxygen atoms in total. The number of rotatable bonds is 3. The Hall–Kier alpha value is -0.340. The Labute approximate surface area is 91.2 Å². The topological polar surface area (TPSA) is 17.1 Å². The molecule has 0 fully saturated rings. The van der Waals surface area contributed by atoms with E-state index in [2.05, 4.69) is 15.9 Å². The van der Waals surface area contributed by atoms with Gasteiger partial charge < -0.3 is 0 Å². The summed E-state index contributed by atoms with van der Waals surface area (Å²) in [6.45, 7) is 1.85. The number of alkyl halides is 1. The van der Waals surface area contributed by atoms with E-state index >= 15 is 0 Å². The lowest BCUT2D eigenvalue weighted by Gasteiger charge is -2.03. The molecule has 0 aliphatic heterocycles. The lowest BCUT2D eigenvalue weighted by Crippen LogP contribution is -1.97. The summed E-state index contributed by atoms with van der Waals surface area (Å²) >= 11 is 9.08. The standard InChI is InChI=1S/C10H10BrClO/c1-2-10(13)7-3-4-9(11)8(5-7)6-12/h3-5H,2,6H2,1H3. The number of hydrogen-bond acceptors (Lipinski definition) is 1. The molecule has 0 atom stereocenters. The smallest absolute Gasteiger partial charge is 0.162 e. The van der Waals surface area contributed by atoms with Crippen LogP contribution in [-0.2, 0) is 5.88 Å². The van der Waals surface area contributed by atoms with Crippen LogP contribution in [0, 0.1) is 0 Å². The van der Waals surface area contributed by atoms with Crippen molar-refractivity contribution in [2.45, 2.75) is 19.2 Å². The number of benzene rings is 1. The minimum Gasteiger partial charge on any atom is -0.294 e. The second kappa shape index (κ2) is 4.77. The van der Waals surface area contributed by atoms with Crippen LogP contribution >= 0.6 is 27.5 Å². The van der Waals surface area contributed by atoms with Crippen molar-refractivity contribution in [3.05, 3.63) is 33.8 Å². The average molecular weight is 262 g/mol. The molecular formula is C10H10BrClO. The molecular weight excluding hydrogens is 251 g/mol. The van der Waals surface area contributed by atoms with E-state index in [1.54, 1.807) is 0 Å². The monoisotopic (exact) mass is 260 g/mol. The SMILES string of the molecule is CCC(=O)c1ccc(Br)c(CCl)c1. The van der Waals surface area contributed by atoms with Gasteiger partial charge in [-0.3, -0.25) is 4.79 Å². The van der Waals surface area contributed by atoms with Crippen molar-refractivity contribution < 1.29 is 4.79 Å². The van der Waals surface area contributed by atoms with Crippen LogP contribution in [0.2, 0.25) is 0 Å². The highest BCUT2D eigenvalue weighted by molar-refractivity contribution is 9.10. The highest BCUT2D eigenvalue weighted by Crippen LogP contribution is 2.20. The molecule has 0 N–H and O–H groups in total. The van der Waals surface area contributed by atoms with Crippen molar-refractivity contribution in [1.29, 1.82) is 0 Å². The van der Waals surface area contributed by atoms with E-state index in [0.717, 1.165) is 15.6 Å². The highest BCUT2D eigenvalue weighted by atomic mass is 79.9. The number of hydrogen-bond donors (Lipinski definition) is 0. The van der Waals surface area contributed by atoms with Crippen molar-refractivity contribution >= 4 is 33.3 Å². The van der Waals surface area contributed by atoms with Crippen LogP contribution in [-0.4, -0.2) is 5.78 Å². The van der Waals surface area contributed by atoms with Crippen molar-refractivity contribution in [1.82, 2.24) is 0 Å². The third-order valence-corrected chi connectivity index (χ3v) is 2.89. The number of halogens is 2. The van der Waals surface area contributed by atoms with Crippen molar-refractivity contribution in [3.63, 3.8) is 0 Å². The molecule has 1 aromatic rings. The lowest BCUT2D eigenvalue weighted by atomic mass is 10.1. The largest absolute Gasteiger partial charge is 0.294 e. The van der Waals surface area contributed by atoms with Gasteiger partial charge in [0, 0.05) is 22.3 Å². The molecule has 0 saturated carbocycles. The molecule has 0 amide bonds. The molecule has 0 spiro atoms. The second-order valence-electron chi connectivity index (χ2n) is 2.72. The van der Waals surface area contributed by atoms with E-state index in [4.69, 9.17) is 11.6 Å². The first-order valence-corrected chi connectivity index (χ1v) is 5.39. The zero-order chi connectivity index (χ0) is 9.84. The fourth-order valence-electron chi connectivity index (χ4n) is 1.05. The van der Waals surface area contributed by atoms with Crippen LogP contribution in [0.25, 0.3) is 0 Å². The molecule has 0 aromatic heterocycles. The van der Waals surface area contributed by atoms with Gasteiger partial charge in [-0.05, 0) is 17.7 Å². The summed E-state index contributed by atoms with van der Waals surface area (Å²) in [5.74, 6) is 0.574. The van der Waals surface area contributed by atoms with Crippen LogP contribution in [0.15, 0.2) is 22.7 Å². The first-order valence-electron chi connectivity index (χ1n) is 4.06. The van der Waals surface area contributed by atoms with E-state index in [1.165, 1.54) is 0 Å². The van der Waals surface area contributed by atoms with E-state index in [-0.39, 0.29) is 5.78 Å². The molecule has 0 aliphatic rings. The van der Waals surface area contributed by atoms with E-state index < -0.39 is 0 Å². The quantitative estimate of drug-likeness (QED) is 0.598. The van der Waals surface area contributed by atoms with Gasteiger partial charge in [-0.1, -0.05) is 28.9 Å². The fraction of sp³-hybridized carbons (Fsp3) is 0.300. The molecule has 1 aromatic carbocycles. The first kappa shape index (κ1) is 10.7. The van der Waals surface area contributed by atoms with Crippen molar-refractivity contribution in [3.8, 4) is 0 Å². The summed E-state index contributed by atoms with van der Waals surface area (Å²) in [7, 11) is 0. The van der Waals surface area contributed by atoms with Crippen molar-refractivity contribution in [2.75, 3.05) is 0 Å². The Morgan fingerprint density at radius 2 is 2.23 bits per heavy atom. The molecule has 13 heavy (non-hydrogen) atoms. The summed E-state index contributed by atoms with van der Waals surface area (Å²) < 4.78 is 0.954. The Bertz CT molecular complexity index is 323. The van der Waals surface area contributed by atoms with Crippen molar-refractivity contribution in [2.24, 2.45) is 0 Å². The van der Waals surface area contributed by atoms with Gasteiger partial charge in [-0.15, -0.1) is 11.6 Å². The van der Waals surface area contributed by atoms with Crippen LogP contribution in [0.5, 0.6) is 0 Å². The van der Waals surface area contributed by atoms with Gasteiger partial charge in [-0.2, -0.15) is 0 Å². The maximum Gasteiger partial charge on any atom is 0.162 e. The number of carbonyl (C=O) groups is 1. The Balaban J connectivity index is 3.06. The summed E-state index contributed by atoms with van der Waals surface area (Å²) in [5.41, 5.74) is 1.70. The summed E-state index contributed by atoms with van der Waals surface area (Å²) in [6.07, 6.45) is 0.531. The Morgan fingerprint density at radius 1 is 1.54 bits per heavy atom. The molecule has 70 valence electrons. The summed E-state index contributed by atoms with van der Waals surface area (Å²) in [6, 6.07) is 5.51. The third kappa shape index (κ3) is 2.55. The molecule has 0 unspecified atom stereocenters. The molecule has 1 rings (SSSR count). The van der Waals surface area contributed by atoms with Crippen LogP contribution < -0.4 is 0 Å². The van der Waals surface area contributed by atoms with E-state index in [0.29, 0.717) is 12.3 Å². The van der Waals surface area contributed by atoms with Crippen LogP contribution in [0.1, 0.15) is 29.3 Å². The molecule has 0 bridgehead atoms. The molecule has 0 saturated heterocycles. The number of carbonyl (C=O) groups excluding carboxylic acids is 1. The zero-order valence-electron chi connectivity index (χ0n) is 7.31. The summed E-state index contributed by atoms with van der Waals surface area (Å²) in [5, 5.41) is 0. The zero-order valence-corrected chi connectivity index (χ0v) is 9.65. The fourth-order valence-corrected chi connectivity index (χ4v) is 1.82. The third-order valence-electron chi connectivity index (χ3n) is 1.83. The van der Waals surface area contributed by atoms with Gasteiger partial charge >= 0.3 is 0 Å². The number of ketones is 1. The normalized spacial score (nSPS) is 10.1. The van der Waals surface area contributed by atoms with Gasteiger partial charge in [0.1, 0.15) is 0 Å². The Kier molecular flexibility index (Phi) is 3.94. The predicted octanol–water partition coefficient (Wildman–Crippen LogP) is 3.78. The molecule has 3 heteroatoms. The Morgan fingerprint density at radius 3 is 2.77 bits per heavy atom. The maximum atomic E-state index is 11.3. The van der Waals surface area contributed by atoms with Gasteiger partial charge in [0.25, 0.3) is 0 Å². The van der Waals surface area contributed by atoms with Crippen LogP contribution in [0.4, 0.5) is 0 Å². The number of Topliss-reactive ketones (excluding diaryl/α,β-unsaturated/α-hetero) is 1. The minimum absolute atomic E-state index is 0.152. The first-order chi connectivity index (χ1) is 6.19. The lowest BCUT2D eigenvalue weighted by molar-refractivity contribution is 0.0988. The van der Waals surface area contributed by atoms with Gasteiger partial charge in [0.15, 0.2) is 5.78 Å². The summed E-state index contributed by atoms with van der Waals surface area (Å²) in [4.78, 5) is 11.3. The van der Waals surface area contributed by atoms with Gasteiger partial charge in [0.2, 0.25) is 0 Å². The predicted molar refractivity (Wildman–Crippen MR) is 58.3 cm³/mol.